The van der Waals surface area contributed by atoms with Crippen molar-refractivity contribution in [3.05, 3.63) is 89.2 Å². The van der Waals surface area contributed by atoms with Gasteiger partial charge in [0, 0.05) is 37.4 Å². The standard InChI is InChI=1S/C27H25N5O5/c1-18-16-31(9-10-32(18)27(35)37-24-12-22(25(29)33)14-30-15-24)26(34)21-5-7-23(8-6-21)36-17-20-4-2-3-19(11-20)13-28/h2-8,11-12,14-15,18H,9-10,16-17H2,1H3,(H2,29,33). The van der Waals surface area contributed by atoms with Crippen molar-refractivity contribution >= 4 is 17.9 Å². The molecule has 0 bridgehead atoms. The molecule has 10 nitrogen and oxygen atoms in total. The van der Waals surface area contributed by atoms with Crippen LogP contribution in [0.25, 0.3) is 0 Å². The molecule has 1 atom stereocenters. The number of hydrogen-bond acceptors (Lipinski definition) is 7. The molecule has 1 aliphatic heterocycles. The van der Waals surface area contributed by atoms with E-state index < -0.39 is 12.0 Å². The second kappa shape index (κ2) is 11.2. The normalized spacial score (nSPS) is 15.0. The van der Waals surface area contributed by atoms with Crippen molar-refractivity contribution in [1.29, 1.82) is 5.26 Å². The number of aromatic nitrogens is 1. The number of carbonyl (C=O) groups excluding carboxylic acids is 3. The van der Waals surface area contributed by atoms with Crippen LogP contribution in [0.15, 0.2) is 67.0 Å². The van der Waals surface area contributed by atoms with E-state index in [9.17, 15) is 14.4 Å². The van der Waals surface area contributed by atoms with Gasteiger partial charge in [-0.15, -0.1) is 0 Å². The van der Waals surface area contributed by atoms with Crippen LogP contribution < -0.4 is 15.2 Å². The molecule has 1 aromatic heterocycles. The summed E-state index contributed by atoms with van der Waals surface area (Å²) in [5, 5.41) is 9.01. The Morgan fingerprint density at radius 1 is 1.05 bits per heavy atom. The topological polar surface area (TPSA) is 139 Å². The highest BCUT2D eigenvalue weighted by atomic mass is 16.6. The molecule has 0 radical (unpaired) electrons. The molecule has 37 heavy (non-hydrogen) atoms. The van der Waals surface area contributed by atoms with E-state index in [0.717, 1.165) is 5.56 Å². The lowest BCUT2D eigenvalue weighted by molar-refractivity contribution is 0.0521. The van der Waals surface area contributed by atoms with E-state index in [1.54, 1.807) is 47.4 Å². The Morgan fingerprint density at radius 3 is 2.54 bits per heavy atom. The van der Waals surface area contributed by atoms with Crippen LogP contribution >= 0.6 is 0 Å². The summed E-state index contributed by atoms with van der Waals surface area (Å²) in [4.78, 5) is 44.1. The first-order chi connectivity index (χ1) is 17.8. The number of rotatable bonds is 6. The molecule has 188 valence electrons. The first-order valence-electron chi connectivity index (χ1n) is 11.6. The fourth-order valence-corrected chi connectivity index (χ4v) is 3.96. The van der Waals surface area contributed by atoms with E-state index in [-0.39, 0.29) is 29.8 Å². The number of carbonyl (C=O) groups is 3. The number of piperazine rings is 1. The second-order valence-electron chi connectivity index (χ2n) is 8.56. The van der Waals surface area contributed by atoms with Crippen LogP contribution in [0.5, 0.6) is 11.5 Å². The summed E-state index contributed by atoms with van der Waals surface area (Å²) in [5.41, 5.74) is 7.34. The van der Waals surface area contributed by atoms with Crippen molar-refractivity contribution in [3.8, 4) is 17.6 Å². The molecule has 0 aliphatic carbocycles. The molecule has 4 rings (SSSR count). The van der Waals surface area contributed by atoms with Crippen LogP contribution in [0.2, 0.25) is 0 Å². The number of pyridine rings is 1. The lowest BCUT2D eigenvalue weighted by Crippen LogP contribution is -2.56. The van der Waals surface area contributed by atoms with Gasteiger partial charge in [-0.2, -0.15) is 5.26 Å². The SMILES string of the molecule is CC1CN(C(=O)c2ccc(OCc3cccc(C#N)c3)cc2)CCN1C(=O)Oc1cncc(C(N)=O)c1. The fraction of sp³-hybridized carbons (Fsp3) is 0.222. The molecule has 0 saturated carbocycles. The largest absolute Gasteiger partial charge is 0.489 e. The summed E-state index contributed by atoms with van der Waals surface area (Å²) >= 11 is 0. The van der Waals surface area contributed by atoms with Gasteiger partial charge in [-0.25, -0.2) is 4.79 Å². The minimum Gasteiger partial charge on any atom is -0.489 e. The minimum atomic E-state index is -0.670. The third-order valence-corrected chi connectivity index (χ3v) is 5.91. The molecule has 1 saturated heterocycles. The van der Waals surface area contributed by atoms with E-state index in [4.69, 9.17) is 20.5 Å². The zero-order chi connectivity index (χ0) is 26.4. The molecule has 1 aliphatic rings. The Kier molecular flexibility index (Phi) is 7.64. The summed E-state index contributed by atoms with van der Waals surface area (Å²) in [6.45, 7) is 3.10. The summed E-state index contributed by atoms with van der Waals surface area (Å²) in [7, 11) is 0. The van der Waals surface area contributed by atoms with Gasteiger partial charge in [-0.05, 0) is 55.0 Å². The molecule has 0 spiro atoms. The van der Waals surface area contributed by atoms with E-state index in [0.29, 0.717) is 36.6 Å². The summed E-state index contributed by atoms with van der Waals surface area (Å²) < 4.78 is 11.1. The van der Waals surface area contributed by atoms with Crippen molar-refractivity contribution in [3.63, 3.8) is 0 Å². The smallest absolute Gasteiger partial charge is 0.415 e. The summed E-state index contributed by atoms with van der Waals surface area (Å²) in [5.74, 6) is -0.0933. The van der Waals surface area contributed by atoms with Gasteiger partial charge in [0.05, 0.1) is 23.4 Å². The maximum absolute atomic E-state index is 13.0. The zero-order valence-electron chi connectivity index (χ0n) is 20.2. The highest BCUT2D eigenvalue weighted by Gasteiger charge is 2.31. The van der Waals surface area contributed by atoms with Crippen LogP contribution in [0, 0.1) is 11.3 Å². The second-order valence-corrected chi connectivity index (χ2v) is 8.56. The van der Waals surface area contributed by atoms with Crippen molar-refractivity contribution < 1.29 is 23.9 Å². The molecule has 2 heterocycles. The maximum atomic E-state index is 13.0. The first kappa shape index (κ1) is 25.2. The Balaban J connectivity index is 1.31. The third kappa shape index (κ3) is 6.21. The molecular weight excluding hydrogens is 474 g/mol. The summed E-state index contributed by atoms with van der Waals surface area (Å²) in [6, 6.07) is 17.2. The van der Waals surface area contributed by atoms with Crippen LogP contribution in [0.1, 0.15) is 38.8 Å². The van der Waals surface area contributed by atoms with Gasteiger partial charge < -0.3 is 25.0 Å². The Labute approximate surface area is 213 Å². The van der Waals surface area contributed by atoms with Crippen molar-refractivity contribution in [1.82, 2.24) is 14.8 Å². The molecule has 3 aromatic rings. The number of primary amides is 1. The fourth-order valence-electron chi connectivity index (χ4n) is 3.96. The van der Waals surface area contributed by atoms with Crippen molar-refractivity contribution in [2.24, 2.45) is 5.73 Å². The zero-order valence-corrected chi connectivity index (χ0v) is 20.2. The molecule has 3 amide bonds. The quantitative estimate of drug-likeness (QED) is 0.550. The maximum Gasteiger partial charge on any atom is 0.415 e. The predicted molar refractivity (Wildman–Crippen MR) is 133 cm³/mol. The van der Waals surface area contributed by atoms with Gasteiger partial charge in [-0.3, -0.25) is 14.6 Å². The predicted octanol–water partition coefficient (Wildman–Crippen LogP) is 2.98. The van der Waals surface area contributed by atoms with Crippen molar-refractivity contribution in [2.45, 2.75) is 19.6 Å². The Morgan fingerprint density at radius 2 is 1.84 bits per heavy atom. The minimum absolute atomic E-state index is 0.118. The van der Waals surface area contributed by atoms with Gasteiger partial charge in [0.1, 0.15) is 12.4 Å². The molecule has 1 fully saturated rings. The average Bonchev–Trinajstić information content (AvgIpc) is 2.92. The van der Waals surface area contributed by atoms with E-state index in [1.807, 2.05) is 13.0 Å². The van der Waals surface area contributed by atoms with Gasteiger partial charge in [0.25, 0.3) is 5.91 Å². The van der Waals surface area contributed by atoms with Gasteiger partial charge in [0.15, 0.2) is 5.75 Å². The number of amides is 3. The number of benzene rings is 2. The number of nitrogens with two attached hydrogens (primary N) is 1. The van der Waals surface area contributed by atoms with Gasteiger partial charge >= 0.3 is 6.09 Å². The number of hydrogen-bond donors (Lipinski definition) is 1. The monoisotopic (exact) mass is 499 g/mol. The molecule has 2 N–H and O–H groups in total. The van der Waals surface area contributed by atoms with Crippen molar-refractivity contribution in [2.75, 3.05) is 19.6 Å². The molecule has 1 unspecified atom stereocenters. The summed E-state index contributed by atoms with van der Waals surface area (Å²) in [6.07, 6.45) is 2.02. The van der Waals surface area contributed by atoms with Crippen LogP contribution in [0.3, 0.4) is 0 Å². The Bertz CT molecular complexity index is 1350. The molecular formula is C27H25N5O5. The van der Waals surface area contributed by atoms with Gasteiger partial charge in [0.2, 0.25) is 5.91 Å². The lowest BCUT2D eigenvalue weighted by atomic mass is 10.1. The number of ether oxygens (including phenoxy) is 2. The van der Waals surface area contributed by atoms with Crippen LogP contribution in [0.4, 0.5) is 4.79 Å². The van der Waals surface area contributed by atoms with E-state index in [1.165, 1.54) is 23.4 Å². The third-order valence-electron chi connectivity index (χ3n) is 5.91. The highest BCUT2D eigenvalue weighted by Crippen LogP contribution is 2.19. The average molecular weight is 500 g/mol. The molecule has 10 heteroatoms. The highest BCUT2D eigenvalue weighted by molar-refractivity contribution is 5.94. The van der Waals surface area contributed by atoms with E-state index in [2.05, 4.69) is 11.1 Å². The first-order valence-corrected chi connectivity index (χ1v) is 11.6. The van der Waals surface area contributed by atoms with Gasteiger partial charge in [-0.1, -0.05) is 12.1 Å². The molecule has 2 aromatic carbocycles. The van der Waals surface area contributed by atoms with E-state index >= 15 is 0 Å². The van der Waals surface area contributed by atoms with Crippen LogP contribution in [-0.4, -0.2) is 58.4 Å². The van der Waals surface area contributed by atoms with Crippen LogP contribution in [-0.2, 0) is 6.61 Å². The number of nitrogens with zero attached hydrogens (tertiary/aromatic N) is 4. The number of nitriles is 1. The Hall–Kier alpha value is -4.91. The lowest BCUT2D eigenvalue weighted by Gasteiger charge is -2.39.